The van der Waals surface area contributed by atoms with Crippen LogP contribution in [0.25, 0.3) is 12.2 Å². The van der Waals surface area contributed by atoms with Gasteiger partial charge in [0.25, 0.3) is 0 Å². The van der Waals surface area contributed by atoms with Crippen LogP contribution in [0.2, 0.25) is 0 Å². The Hall–Kier alpha value is -2.69. The van der Waals surface area contributed by atoms with Gasteiger partial charge in [-0.2, -0.15) is 8.78 Å². The van der Waals surface area contributed by atoms with E-state index in [4.69, 9.17) is 4.74 Å². The lowest BCUT2D eigenvalue weighted by Gasteiger charge is -2.12. The molecule has 0 aliphatic heterocycles. The molecule has 5 heteroatoms. The minimum absolute atomic E-state index is 0.0545. The summed E-state index contributed by atoms with van der Waals surface area (Å²) in [6.07, 6.45) is 7.44. The van der Waals surface area contributed by atoms with E-state index in [1.165, 1.54) is 6.07 Å². The highest BCUT2D eigenvalue weighted by molar-refractivity contribution is 6.00. The standard InChI is InChI=1S/C22H20F2O3/c23-22(24)27-20-10-6-15(12-21(20)26-13-16-3-4-16)2-1-14-5-8-18-17(11-14)7-9-19(18)25/h1-2,5-6,8,10-12,16,22H,3-4,7,9,13H2/b2-1+. The topological polar surface area (TPSA) is 35.5 Å². The Morgan fingerprint density at radius 3 is 2.48 bits per heavy atom. The molecule has 3 nitrogen and oxygen atoms in total. The van der Waals surface area contributed by atoms with E-state index in [1.54, 1.807) is 12.1 Å². The molecule has 0 amide bonds. The van der Waals surface area contributed by atoms with E-state index in [2.05, 4.69) is 4.74 Å². The minimum Gasteiger partial charge on any atom is -0.489 e. The number of halogens is 2. The number of hydrogen-bond acceptors (Lipinski definition) is 3. The van der Waals surface area contributed by atoms with Crippen molar-refractivity contribution in [2.75, 3.05) is 6.61 Å². The first-order valence-electron chi connectivity index (χ1n) is 9.14. The number of rotatable bonds is 7. The van der Waals surface area contributed by atoms with Crippen LogP contribution < -0.4 is 9.47 Å². The fourth-order valence-corrected chi connectivity index (χ4v) is 3.20. The van der Waals surface area contributed by atoms with Crippen LogP contribution in [-0.2, 0) is 6.42 Å². The van der Waals surface area contributed by atoms with Gasteiger partial charge in [0, 0.05) is 12.0 Å². The number of carbonyl (C=O) groups is 1. The first kappa shape index (κ1) is 17.7. The summed E-state index contributed by atoms with van der Waals surface area (Å²) in [6.45, 7) is -2.37. The largest absolute Gasteiger partial charge is 0.489 e. The van der Waals surface area contributed by atoms with E-state index in [9.17, 15) is 13.6 Å². The zero-order valence-electron chi connectivity index (χ0n) is 14.8. The molecule has 0 spiro atoms. The number of aryl methyl sites for hydroxylation is 1. The van der Waals surface area contributed by atoms with Gasteiger partial charge in [0.05, 0.1) is 6.61 Å². The molecule has 0 aromatic heterocycles. The molecule has 2 aliphatic rings. The van der Waals surface area contributed by atoms with Gasteiger partial charge in [0.15, 0.2) is 17.3 Å². The van der Waals surface area contributed by atoms with Gasteiger partial charge in [-0.25, -0.2) is 0 Å². The highest BCUT2D eigenvalue weighted by Crippen LogP contribution is 2.34. The summed E-state index contributed by atoms with van der Waals surface area (Å²) < 4.78 is 35.5. The van der Waals surface area contributed by atoms with Crippen LogP contribution in [0, 0.1) is 5.92 Å². The molecule has 0 heterocycles. The van der Waals surface area contributed by atoms with E-state index in [1.807, 2.05) is 30.4 Å². The Balaban J connectivity index is 1.53. The number of fused-ring (bicyclic) bond motifs is 1. The van der Waals surface area contributed by atoms with Crippen molar-refractivity contribution >= 4 is 17.9 Å². The molecular weight excluding hydrogens is 350 g/mol. The Morgan fingerprint density at radius 2 is 1.74 bits per heavy atom. The van der Waals surface area contributed by atoms with Gasteiger partial charge in [0.2, 0.25) is 0 Å². The first-order valence-corrected chi connectivity index (χ1v) is 9.14. The molecule has 0 radical (unpaired) electrons. The van der Waals surface area contributed by atoms with Crippen molar-refractivity contribution < 1.29 is 23.0 Å². The van der Waals surface area contributed by atoms with E-state index >= 15 is 0 Å². The van der Waals surface area contributed by atoms with Crippen LogP contribution in [0.1, 0.15) is 46.3 Å². The van der Waals surface area contributed by atoms with Gasteiger partial charge in [0.1, 0.15) is 0 Å². The fraction of sp³-hybridized carbons (Fsp3) is 0.318. The van der Waals surface area contributed by atoms with E-state index < -0.39 is 6.61 Å². The van der Waals surface area contributed by atoms with Gasteiger partial charge >= 0.3 is 6.61 Å². The Kier molecular flexibility index (Phi) is 4.92. The molecule has 0 bridgehead atoms. The maximum atomic E-state index is 12.6. The van der Waals surface area contributed by atoms with Crippen molar-refractivity contribution in [2.45, 2.75) is 32.3 Å². The molecular formula is C22H20F2O3. The van der Waals surface area contributed by atoms with Crippen molar-refractivity contribution in [2.24, 2.45) is 5.92 Å². The van der Waals surface area contributed by atoms with Crippen LogP contribution in [0.3, 0.4) is 0 Å². The van der Waals surface area contributed by atoms with Crippen LogP contribution in [0.15, 0.2) is 36.4 Å². The summed E-state index contributed by atoms with van der Waals surface area (Å²) in [7, 11) is 0. The Labute approximate surface area is 156 Å². The number of alkyl halides is 2. The van der Waals surface area contributed by atoms with Crippen LogP contribution in [-0.4, -0.2) is 19.0 Å². The zero-order valence-corrected chi connectivity index (χ0v) is 14.8. The average Bonchev–Trinajstić information content (AvgIpc) is 3.41. The molecule has 0 N–H and O–H groups in total. The lowest BCUT2D eigenvalue weighted by Crippen LogP contribution is -2.06. The van der Waals surface area contributed by atoms with Crippen molar-refractivity contribution in [3.8, 4) is 11.5 Å². The molecule has 2 aromatic rings. The predicted molar refractivity (Wildman–Crippen MR) is 99.3 cm³/mol. The second kappa shape index (κ2) is 7.51. The van der Waals surface area contributed by atoms with Gasteiger partial charge in [-0.3, -0.25) is 4.79 Å². The normalized spacial score (nSPS) is 16.2. The highest BCUT2D eigenvalue weighted by atomic mass is 19.3. The zero-order chi connectivity index (χ0) is 18.8. The van der Waals surface area contributed by atoms with Crippen molar-refractivity contribution in [1.29, 1.82) is 0 Å². The van der Waals surface area contributed by atoms with Crippen molar-refractivity contribution in [1.82, 2.24) is 0 Å². The molecule has 1 saturated carbocycles. The molecule has 1 fully saturated rings. The third-order valence-corrected chi connectivity index (χ3v) is 4.87. The molecule has 140 valence electrons. The molecule has 0 atom stereocenters. The second-order valence-corrected chi connectivity index (χ2v) is 7.01. The first-order chi connectivity index (χ1) is 13.1. The molecule has 27 heavy (non-hydrogen) atoms. The molecule has 4 rings (SSSR count). The van der Waals surface area contributed by atoms with Crippen LogP contribution in [0.5, 0.6) is 11.5 Å². The van der Waals surface area contributed by atoms with Crippen LogP contribution >= 0.6 is 0 Å². The number of carbonyl (C=O) groups excluding carboxylic acids is 1. The SMILES string of the molecule is O=C1CCc2cc(/C=C/c3ccc(OC(F)F)c(OCC4CC4)c3)ccc21. The average molecular weight is 370 g/mol. The third-order valence-electron chi connectivity index (χ3n) is 4.87. The minimum atomic E-state index is -2.89. The monoisotopic (exact) mass is 370 g/mol. The summed E-state index contributed by atoms with van der Waals surface area (Å²) in [5.74, 6) is 1.10. The molecule has 0 saturated heterocycles. The molecule has 2 aliphatic carbocycles. The van der Waals surface area contributed by atoms with Crippen LogP contribution in [0.4, 0.5) is 8.78 Å². The van der Waals surface area contributed by atoms with Crippen molar-refractivity contribution in [3.05, 3.63) is 58.7 Å². The Bertz CT molecular complexity index is 885. The number of benzene rings is 2. The predicted octanol–water partition coefficient (Wildman–Crippen LogP) is 5.38. The summed E-state index contributed by atoms with van der Waals surface area (Å²) >= 11 is 0. The maximum absolute atomic E-state index is 12.6. The summed E-state index contributed by atoms with van der Waals surface area (Å²) in [4.78, 5) is 11.7. The molecule has 0 unspecified atom stereocenters. The maximum Gasteiger partial charge on any atom is 0.387 e. The van der Waals surface area contributed by atoms with E-state index in [0.717, 1.165) is 41.5 Å². The molecule has 2 aromatic carbocycles. The van der Waals surface area contributed by atoms with Gasteiger partial charge < -0.3 is 9.47 Å². The lowest BCUT2D eigenvalue weighted by molar-refractivity contribution is -0.0515. The number of ketones is 1. The van der Waals surface area contributed by atoms with Gasteiger partial charge in [-0.1, -0.05) is 36.4 Å². The number of Topliss-reactive ketones (excluding diaryl/α,β-unsaturated/α-hetero) is 1. The highest BCUT2D eigenvalue weighted by Gasteiger charge is 2.23. The van der Waals surface area contributed by atoms with Gasteiger partial charge in [-0.05, 0) is 54.0 Å². The van der Waals surface area contributed by atoms with Crippen molar-refractivity contribution in [3.63, 3.8) is 0 Å². The second-order valence-electron chi connectivity index (χ2n) is 7.01. The van der Waals surface area contributed by atoms with E-state index in [-0.39, 0.29) is 11.5 Å². The summed E-state index contributed by atoms with van der Waals surface area (Å²) in [5.41, 5.74) is 3.73. The Morgan fingerprint density at radius 1 is 1.00 bits per heavy atom. The fourth-order valence-electron chi connectivity index (χ4n) is 3.20. The smallest absolute Gasteiger partial charge is 0.387 e. The summed E-state index contributed by atoms with van der Waals surface area (Å²) in [5, 5.41) is 0. The van der Waals surface area contributed by atoms with E-state index in [0.29, 0.717) is 24.7 Å². The van der Waals surface area contributed by atoms with Gasteiger partial charge in [-0.15, -0.1) is 0 Å². The summed E-state index contributed by atoms with van der Waals surface area (Å²) in [6, 6.07) is 10.7. The number of hydrogen-bond donors (Lipinski definition) is 0. The third kappa shape index (κ3) is 4.35. The quantitative estimate of drug-likeness (QED) is 0.614. The number of ether oxygens (including phenoxy) is 2. The lowest BCUT2D eigenvalue weighted by atomic mass is 10.0.